The third-order valence-electron chi connectivity index (χ3n) is 3.31. The molecule has 2 aromatic rings. The summed E-state index contributed by atoms with van der Waals surface area (Å²) in [5.41, 5.74) is 3.17. The Hall–Kier alpha value is -2.00. The maximum absolute atomic E-state index is 11.4. The van der Waals surface area contributed by atoms with Crippen molar-refractivity contribution in [3.63, 3.8) is 0 Å². The summed E-state index contributed by atoms with van der Waals surface area (Å²) in [4.78, 5) is 11.4. The molecule has 0 radical (unpaired) electrons. The minimum absolute atomic E-state index is 0.663. The number of halogens is 1. The molecule has 0 bridgehead atoms. The van der Waals surface area contributed by atoms with Gasteiger partial charge in [0.2, 0.25) is 6.41 Å². The lowest BCUT2D eigenvalue weighted by Crippen LogP contribution is -2.41. The van der Waals surface area contributed by atoms with E-state index in [2.05, 4.69) is 6.07 Å². The summed E-state index contributed by atoms with van der Waals surface area (Å²) in [5.74, 6) is 0. The van der Waals surface area contributed by atoms with Gasteiger partial charge in [0.15, 0.2) is 0 Å². The molecule has 0 saturated carbocycles. The molecular formula is C15H13ClN2O. The van der Waals surface area contributed by atoms with Crippen molar-refractivity contribution in [2.24, 2.45) is 0 Å². The van der Waals surface area contributed by atoms with E-state index in [4.69, 9.17) is 11.6 Å². The lowest BCUT2D eigenvalue weighted by Gasteiger charge is -2.30. The quantitative estimate of drug-likeness (QED) is 0.801. The van der Waals surface area contributed by atoms with Crippen LogP contribution >= 0.6 is 11.6 Å². The van der Waals surface area contributed by atoms with Gasteiger partial charge in [0.1, 0.15) is 0 Å². The van der Waals surface area contributed by atoms with E-state index in [-0.39, 0.29) is 0 Å². The number of fused-ring (bicyclic) bond motifs is 1. The van der Waals surface area contributed by atoms with Gasteiger partial charge in [-0.1, -0.05) is 29.8 Å². The molecule has 1 heterocycles. The molecule has 3 nitrogen and oxygen atoms in total. The maximum Gasteiger partial charge on any atom is 0.233 e. The molecular weight excluding hydrogens is 260 g/mol. The van der Waals surface area contributed by atoms with Crippen molar-refractivity contribution < 1.29 is 4.79 Å². The average molecular weight is 273 g/mol. The van der Waals surface area contributed by atoms with E-state index in [0.717, 1.165) is 30.8 Å². The van der Waals surface area contributed by atoms with Crippen LogP contribution in [0.3, 0.4) is 0 Å². The number of nitrogens with zero attached hydrogens (tertiary/aromatic N) is 2. The summed E-state index contributed by atoms with van der Waals surface area (Å²) in [6.07, 6.45) is 1.79. The van der Waals surface area contributed by atoms with Crippen molar-refractivity contribution in [2.45, 2.75) is 6.42 Å². The van der Waals surface area contributed by atoms with Crippen molar-refractivity contribution in [3.8, 4) is 0 Å². The molecule has 0 aromatic heterocycles. The lowest BCUT2D eigenvalue weighted by atomic mass is 10.2. The highest BCUT2D eigenvalue weighted by molar-refractivity contribution is 6.30. The fourth-order valence-corrected chi connectivity index (χ4v) is 2.52. The first kappa shape index (κ1) is 12.1. The van der Waals surface area contributed by atoms with Gasteiger partial charge in [0.05, 0.1) is 11.4 Å². The molecule has 0 aliphatic carbocycles. The van der Waals surface area contributed by atoms with Gasteiger partial charge >= 0.3 is 0 Å². The molecule has 2 aromatic carbocycles. The Kier molecular flexibility index (Phi) is 3.13. The summed E-state index contributed by atoms with van der Waals surface area (Å²) in [5, 5.41) is 4.28. The number of para-hydroxylation sites is 1. The van der Waals surface area contributed by atoms with Crippen LogP contribution in [0.15, 0.2) is 48.5 Å². The maximum atomic E-state index is 11.4. The molecule has 1 amide bonds. The van der Waals surface area contributed by atoms with E-state index in [0.29, 0.717) is 5.02 Å². The van der Waals surface area contributed by atoms with E-state index < -0.39 is 0 Å². The minimum atomic E-state index is 0.663. The number of carbonyl (C=O) groups excluding carboxylic acids is 1. The highest BCUT2D eigenvalue weighted by Gasteiger charge is 2.24. The van der Waals surface area contributed by atoms with Crippen molar-refractivity contribution >= 4 is 29.4 Å². The van der Waals surface area contributed by atoms with Gasteiger partial charge in [-0.05, 0) is 42.3 Å². The normalized spacial score (nSPS) is 13.2. The van der Waals surface area contributed by atoms with Crippen LogP contribution in [0.1, 0.15) is 5.56 Å². The smallest absolute Gasteiger partial charge is 0.233 e. The van der Waals surface area contributed by atoms with Crippen LogP contribution < -0.4 is 10.0 Å². The molecule has 96 valence electrons. The average Bonchev–Trinajstić information content (AvgIpc) is 2.86. The van der Waals surface area contributed by atoms with Crippen LogP contribution in [0, 0.1) is 0 Å². The summed E-state index contributed by atoms with van der Waals surface area (Å²) >= 11 is 5.88. The topological polar surface area (TPSA) is 23.6 Å². The highest BCUT2D eigenvalue weighted by Crippen LogP contribution is 2.31. The molecule has 3 rings (SSSR count). The second-order valence-electron chi connectivity index (χ2n) is 4.43. The summed E-state index contributed by atoms with van der Waals surface area (Å²) < 4.78 is 0. The van der Waals surface area contributed by atoms with Gasteiger partial charge in [-0.25, -0.2) is 5.01 Å². The highest BCUT2D eigenvalue weighted by atomic mass is 35.5. The number of anilines is 2. The Morgan fingerprint density at radius 3 is 2.58 bits per heavy atom. The van der Waals surface area contributed by atoms with Crippen molar-refractivity contribution in [1.29, 1.82) is 0 Å². The number of hydrazine groups is 1. The zero-order chi connectivity index (χ0) is 13.2. The predicted octanol–water partition coefficient (Wildman–Crippen LogP) is 3.28. The fraction of sp³-hybridized carbons (Fsp3) is 0.133. The fourth-order valence-electron chi connectivity index (χ4n) is 2.40. The first-order valence-corrected chi connectivity index (χ1v) is 6.53. The van der Waals surface area contributed by atoms with Crippen LogP contribution in [0.2, 0.25) is 5.02 Å². The number of rotatable bonds is 3. The molecule has 1 aliphatic rings. The van der Waals surface area contributed by atoms with Gasteiger partial charge in [-0.3, -0.25) is 9.80 Å². The molecule has 0 saturated heterocycles. The third kappa shape index (κ3) is 2.17. The zero-order valence-electron chi connectivity index (χ0n) is 10.3. The summed E-state index contributed by atoms with van der Waals surface area (Å²) in [7, 11) is 0. The monoisotopic (exact) mass is 272 g/mol. The minimum Gasteiger partial charge on any atom is -0.278 e. The van der Waals surface area contributed by atoms with Crippen LogP contribution in [0.5, 0.6) is 0 Å². The Bertz CT molecular complexity index is 597. The number of amides is 1. The van der Waals surface area contributed by atoms with E-state index in [1.165, 1.54) is 5.56 Å². The Morgan fingerprint density at radius 2 is 1.84 bits per heavy atom. The largest absolute Gasteiger partial charge is 0.278 e. The molecule has 0 fully saturated rings. The van der Waals surface area contributed by atoms with E-state index >= 15 is 0 Å². The molecule has 19 heavy (non-hydrogen) atoms. The third-order valence-corrected chi connectivity index (χ3v) is 3.57. The molecule has 0 unspecified atom stereocenters. The van der Waals surface area contributed by atoms with Crippen molar-refractivity contribution in [3.05, 3.63) is 59.1 Å². The van der Waals surface area contributed by atoms with Gasteiger partial charge in [-0.15, -0.1) is 0 Å². The first-order chi connectivity index (χ1) is 9.29. The number of benzene rings is 2. The lowest BCUT2D eigenvalue weighted by molar-refractivity contribution is -0.107. The van der Waals surface area contributed by atoms with Crippen LogP contribution in [-0.2, 0) is 11.2 Å². The van der Waals surface area contributed by atoms with Crippen LogP contribution in [0.25, 0.3) is 0 Å². The summed E-state index contributed by atoms with van der Waals surface area (Å²) in [6.45, 7) is 0.806. The number of hydrogen-bond acceptors (Lipinski definition) is 2. The SMILES string of the molecule is O=CN(c1ccc(Cl)cc1)N1CCc2ccccc21. The van der Waals surface area contributed by atoms with E-state index in [9.17, 15) is 4.79 Å². The molecule has 0 N–H and O–H groups in total. The molecule has 0 atom stereocenters. The second kappa shape index (κ2) is 4.94. The first-order valence-electron chi connectivity index (χ1n) is 6.15. The molecule has 1 aliphatic heterocycles. The predicted molar refractivity (Wildman–Crippen MR) is 77.5 cm³/mol. The Morgan fingerprint density at radius 1 is 1.11 bits per heavy atom. The van der Waals surface area contributed by atoms with Gasteiger partial charge in [0, 0.05) is 11.6 Å². The van der Waals surface area contributed by atoms with Crippen LogP contribution in [-0.4, -0.2) is 13.0 Å². The molecule has 4 heteroatoms. The van der Waals surface area contributed by atoms with E-state index in [1.807, 2.05) is 35.3 Å². The van der Waals surface area contributed by atoms with Crippen molar-refractivity contribution in [1.82, 2.24) is 0 Å². The standard InChI is InChI=1S/C15H13ClN2O/c16-13-5-7-14(8-6-13)18(11-19)17-10-9-12-3-1-2-4-15(12)17/h1-8,11H,9-10H2. The summed E-state index contributed by atoms with van der Waals surface area (Å²) in [6, 6.07) is 15.4. The number of hydrogen-bond donors (Lipinski definition) is 0. The number of carbonyl (C=O) groups is 1. The second-order valence-corrected chi connectivity index (χ2v) is 4.86. The Labute approximate surface area is 117 Å². The van der Waals surface area contributed by atoms with Crippen molar-refractivity contribution in [2.75, 3.05) is 16.6 Å². The van der Waals surface area contributed by atoms with Gasteiger partial charge in [0.25, 0.3) is 0 Å². The van der Waals surface area contributed by atoms with Crippen LogP contribution in [0.4, 0.5) is 11.4 Å². The van der Waals surface area contributed by atoms with Gasteiger partial charge < -0.3 is 0 Å². The molecule has 0 spiro atoms. The van der Waals surface area contributed by atoms with Gasteiger partial charge in [-0.2, -0.15) is 0 Å². The van der Waals surface area contributed by atoms with E-state index in [1.54, 1.807) is 17.1 Å². The zero-order valence-corrected chi connectivity index (χ0v) is 11.0. The Balaban J connectivity index is 1.96.